The van der Waals surface area contributed by atoms with Gasteiger partial charge in [0.1, 0.15) is 0 Å². The summed E-state index contributed by atoms with van der Waals surface area (Å²) >= 11 is 12.6. The van der Waals surface area contributed by atoms with Crippen LogP contribution in [0.1, 0.15) is 10.4 Å². The average Bonchev–Trinajstić information content (AvgIpc) is 2.25. The van der Waals surface area contributed by atoms with Gasteiger partial charge in [-0.1, -0.05) is 11.6 Å². The monoisotopic (exact) mass is 328 g/mol. The normalized spacial score (nSPS) is 11.5. The van der Waals surface area contributed by atoms with Crippen LogP contribution in [0.25, 0.3) is 0 Å². The maximum atomic E-state index is 11.6. The molecule has 0 fully saturated rings. The minimum absolute atomic E-state index is 0.0209. The first-order valence-electron chi connectivity index (χ1n) is 4.73. The van der Waals surface area contributed by atoms with Crippen LogP contribution >= 0.6 is 35.0 Å². The summed E-state index contributed by atoms with van der Waals surface area (Å²) in [6.07, 6.45) is 1.05. The van der Waals surface area contributed by atoms with Crippen LogP contribution in [-0.2, 0) is 9.84 Å². The van der Waals surface area contributed by atoms with Crippen molar-refractivity contribution in [3.8, 4) is 0 Å². The molecule has 0 heterocycles. The van der Waals surface area contributed by atoms with Crippen molar-refractivity contribution in [1.29, 1.82) is 0 Å². The van der Waals surface area contributed by atoms with Crippen LogP contribution in [-0.4, -0.2) is 37.4 Å². The van der Waals surface area contributed by atoms with Crippen molar-refractivity contribution in [2.24, 2.45) is 0 Å². The van der Waals surface area contributed by atoms with E-state index in [0.29, 0.717) is 11.6 Å². The number of carbonyl (C=O) groups is 1. The minimum atomic E-state index is -3.47. The number of rotatable bonds is 5. The first kappa shape index (κ1) is 15.6. The lowest BCUT2D eigenvalue weighted by molar-refractivity contribution is 0.0696. The Morgan fingerprint density at radius 1 is 1.44 bits per heavy atom. The Bertz CT molecular complexity index is 569. The number of hydrogen-bond donors (Lipinski definition) is 1. The zero-order valence-electron chi connectivity index (χ0n) is 9.31. The Labute approximate surface area is 119 Å². The molecule has 0 aliphatic rings. The summed E-state index contributed by atoms with van der Waals surface area (Å²) in [4.78, 5) is 11.2. The van der Waals surface area contributed by atoms with Gasteiger partial charge in [0.15, 0.2) is 9.84 Å². The largest absolute Gasteiger partial charge is 0.478 e. The number of carboxylic acid groups (broad SMARTS) is 1. The van der Waals surface area contributed by atoms with Crippen molar-refractivity contribution in [1.82, 2.24) is 0 Å². The fourth-order valence-electron chi connectivity index (χ4n) is 1.27. The van der Waals surface area contributed by atoms with Gasteiger partial charge in [-0.2, -0.15) is 0 Å². The SMILES string of the molecule is CS(=O)(=O)c1ccc(C(=O)O)c(Cl)c1SCCCl. The number of halogens is 2. The molecule has 0 spiro atoms. The molecule has 0 amide bonds. The van der Waals surface area contributed by atoms with Gasteiger partial charge in [0, 0.05) is 22.8 Å². The summed E-state index contributed by atoms with van der Waals surface area (Å²) in [6, 6.07) is 2.44. The molecule has 0 aliphatic carbocycles. The highest BCUT2D eigenvalue weighted by molar-refractivity contribution is 8.00. The molecular formula is C10H10Cl2O4S2. The molecule has 1 aromatic carbocycles. The van der Waals surface area contributed by atoms with Gasteiger partial charge in [-0.25, -0.2) is 13.2 Å². The molecule has 18 heavy (non-hydrogen) atoms. The van der Waals surface area contributed by atoms with Gasteiger partial charge >= 0.3 is 5.97 Å². The van der Waals surface area contributed by atoms with Crippen LogP contribution in [0, 0.1) is 0 Å². The first-order valence-corrected chi connectivity index (χ1v) is 8.52. The second-order valence-electron chi connectivity index (χ2n) is 3.37. The molecule has 8 heteroatoms. The van der Waals surface area contributed by atoms with Gasteiger partial charge in [-0.15, -0.1) is 23.4 Å². The number of benzene rings is 1. The maximum absolute atomic E-state index is 11.6. The molecular weight excluding hydrogens is 319 g/mol. The highest BCUT2D eigenvalue weighted by Gasteiger charge is 2.21. The van der Waals surface area contributed by atoms with Gasteiger partial charge in [0.2, 0.25) is 0 Å². The third-order valence-electron chi connectivity index (χ3n) is 2.01. The Kier molecular flexibility index (Phi) is 5.33. The van der Waals surface area contributed by atoms with Crippen molar-refractivity contribution in [3.63, 3.8) is 0 Å². The quantitative estimate of drug-likeness (QED) is 0.664. The lowest BCUT2D eigenvalue weighted by Gasteiger charge is -2.11. The van der Waals surface area contributed by atoms with Crippen LogP contribution in [0.5, 0.6) is 0 Å². The minimum Gasteiger partial charge on any atom is -0.478 e. The molecule has 0 saturated carbocycles. The summed E-state index contributed by atoms with van der Waals surface area (Å²) in [5.74, 6) is -0.457. The number of thioether (sulfide) groups is 1. The van der Waals surface area contributed by atoms with Crippen molar-refractivity contribution in [3.05, 3.63) is 22.7 Å². The fraction of sp³-hybridized carbons (Fsp3) is 0.300. The van der Waals surface area contributed by atoms with Gasteiger partial charge in [-0.3, -0.25) is 0 Å². The van der Waals surface area contributed by atoms with Gasteiger partial charge in [0.05, 0.1) is 15.5 Å². The van der Waals surface area contributed by atoms with E-state index >= 15 is 0 Å². The lowest BCUT2D eigenvalue weighted by atomic mass is 10.2. The van der Waals surface area contributed by atoms with Gasteiger partial charge < -0.3 is 5.11 Å². The van der Waals surface area contributed by atoms with Gasteiger partial charge in [0.25, 0.3) is 0 Å². The average molecular weight is 329 g/mol. The highest BCUT2D eigenvalue weighted by atomic mass is 35.5. The number of sulfone groups is 1. The van der Waals surface area contributed by atoms with E-state index in [4.69, 9.17) is 28.3 Å². The van der Waals surface area contributed by atoms with Crippen LogP contribution in [0.15, 0.2) is 21.9 Å². The molecule has 1 N–H and O–H groups in total. The van der Waals surface area contributed by atoms with Crippen molar-refractivity contribution < 1.29 is 18.3 Å². The zero-order valence-corrected chi connectivity index (χ0v) is 12.5. The summed E-state index contributed by atoms with van der Waals surface area (Å²) < 4.78 is 23.2. The number of carboxylic acids is 1. The van der Waals surface area contributed by atoms with Crippen molar-refractivity contribution in [2.75, 3.05) is 17.9 Å². The van der Waals surface area contributed by atoms with E-state index in [1.807, 2.05) is 0 Å². The molecule has 1 aromatic rings. The maximum Gasteiger partial charge on any atom is 0.337 e. The molecule has 0 aliphatic heterocycles. The molecule has 4 nitrogen and oxygen atoms in total. The molecule has 0 aromatic heterocycles. The van der Waals surface area contributed by atoms with E-state index in [-0.39, 0.29) is 20.4 Å². The van der Waals surface area contributed by atoms with E-state index < -0.39 is 15.8 Å². The highest BCUT2D eigenvalue weighted by Crippen LogP contribution is 2.36. The van der Waals surface area contributed by atoms with Crippen LogP contribution < -0.4 is 0 Å². The first-order chi connectivity index (χ1) is 8.29. The fourth-order valence-corrected chi connectivity index (χ4v) is 4.08. The molecule has 100 valence electrons. The van der Waals surface area contributed by atoms with Crippen LogP contribution in [0.4, 0.5) is 0 Å². The molecule has 0 radical (unpaired) electrons. The van der Waals surface area contributed by atoms with E-state index in [0.717, 1.165) is 18.0 Å². The van der Waals surface area contributed by atoms with Gasteiger partial charge in [-0.05, 0) is 12.1 Å². The predicted molar refractivity (Wildman–Crippen MR) is 73.0 cm³/mol. The summed E-state index contributed by atoms with van der Waals surface area (Å²) in [6.45, 7) is 0. The summed E-state index contributed by atoms with van der Waals surface area (Å²) in [5.41, 5.74) is -0.124. The summed E-state index contributed by atoms with van der Waals surface area (Å²) in [5, 5.41) is 8.87. The number of alkyl halides is 1. The predicted octanol–water partition coefficient (Wildman–Crippen LogP) is 2.77. The van der Waals surface area contributed by atoms with Crippen LogP contribution in [0.2, 0.25) is 5.02 Å². The topological polar surface area (TPSA) is 71.4 Å². The second-order valence-corrected chi connectivity index (χ2v) is 7.21. The smallest absolute Gasteiger partial charge is 0.337 e. The van der Waals surface area contributed by atoms with Crippen molar-refractivity contribution in [2.45, 2.75) is 9.79 Å². The van der Waals surface area contributed by atoms with E-state index in [2.05, 4.69) is 0 Å². The number of aromatic carboxylic acids is 1. The molecule has 0 atom stereocenters. The molecule has 0 unspecified atom stereocenters. The Morgan fingerprint density at radius 3 is 2.50 bits per heavy atom. The molecule has 1 rings (SSSR count). The third kappa shape index (κ3) is 3.54. The number of hydrogen-bond acceptors (Lipinski definition) is 4. The Balaban J connectivity index is 3.46. The van der Waals surface area contributed by atoms with E-state index in [9.17, 15) is 13.2 Å². The Morgan fingerprint density at radius 2 is 2.06 bits per heavy atom. The lowest BCUT2D eigenvalue weighted by Crippen LogP contribution is -2.05. The third-order valence-corrected chi connectivity index (χ3v) is 5.32. The Hall–Kier alpha value is -0.430. The second kappa shape index (κ2) is 6.14. The summed E-state index contributed by atoms with van der Waals surface area (Å²) in [7, 11) is -3.47. The van der Waals surface area contributed by atoms with E-state index in [1.54, 1.807) is 0 Å². The standard InChI is InChI=1S/C10H10Cl2O4S2/c1-18(15,16)7-3-2-6(10(13)14)8(12)9(7)17-5-4-11/h2-3H,4-5H2,1H3,(H,13,14). The molecule has 0 bridgehead atoms. The molecule has 0 saturated heterocycles. The van der Waals surface area contributed by atoms with E-state index in [1.165, 1.54) is 12.1 Å². The van der Waals surface area contributed by atoms with Crippen LogP contribution in [0.3, 0.4) is 0 Å². The zero-order chi connectivity index (χ0) is 13.9. The van der Waals surface area contributed by atoms with Crippen molar-refractivity contribution >= 4 is 50.8 Å².